The molecule has 3 aromatic rings. The van der Waals surface area contributed by atoms with E-state index >= 15 is 0 Å². The van der Waals surface area contributed by atoms with Gasteiger partial charge >= 0.3 is 6.18 Å². The van der Waals surface area contributed by atoms with E-state index in [2.05, 4.69) is 10.3 Å². The van der Waals surface area contributed by atoms with Crippen molar-refractivity contribution in [2.24, 2.45) is 0 Å². The van der Waals surface area contributed by atoms with Crippen molar-refractivity contribution in [3.8, 4) is 5.75 Å². The third kappa shape index (κ3) is 5.03. The highest BCUT2D eigenvalue weighted by molar-refractivity contribution is 5.77. The van der Waals surface area contributed by atoms with E-state index in [0.717, 1.165) is 24.2 Å². The van der Waals surface area contributed by atoms with Gasteiger partial charge in [0.15, 0.2) is 6.61 Å². The highest BCUT2D eigenvalue weighted by atomic mass is 19.4. The Morgan fingerprint density at radius 2 is 2.04 bits per heavy atom. The fourth-order valence-corrected chi connectivity index (χ4v) is 2.72. The summed E-state index contributed by atoms with van der Waals surface area (Å²) in [6, 6.07) is 9.86. The van der Waals surface area contributed by atoms with E-state index < -0.39 is 11.7 Å². The second kappa shape index (κ2) is 8.33. The maximum atomic E-state index is 12.8. The van der Waals surface area contributed by atoms with Crippen molar-refractivity contribution in [2.75, 3.05) is 13.2 Å². The van der Waals surface area contributed by atoms with Gasteiger partial charge in [-0.25, -0.2) is 4.98 Å². The molecule has 0 saturated heterocycles. The van der Waals surface area contributed by atoms with Crippen molar-refractivity contribution in [3.63, 3.8) is 0 Å². The molecule has 2 aromatic heterocycles. The van der Waals surface area contributed by atoms with Crippen LogP contribution in [-0.2, 0) is 23.8 Å². The van der Waals surface area contributed by atoms with Gasteiger partial charge in [0.05, 0.1) is 11.3 Å². The van der Waals surface area contributed by atoms with Gasteiger partial charge in [0.25, 0.3) is 5.91 Å². The van der Waals surface area contributed by atoms with Crippen molar-refractivity contribution >= 4 is 11.6 Å². The first-order valence-corrected chi connectivity index (χ1v) is 8.88. The number of pyridine rings is 1. The zero-order chi connectivity index (χ0) is 20.1. The Morgan fingerprint density at radius 3 is 2.79 bits per heavy atom. The topological polar surface area (TPSA) is 55.6 Å². The molecule has 28 heavy (non-hydrogen) atoms. The summed E-state index contributed by atoms with van der Waals surface area (Å²) in [6.45, 7) is 2.25. The highest BCUT2D eigenvalue weighted by Crippen LogP contribution is 2.29. The van der Waals surface area contributed by atoms with Crippen molar-refractivity contribution in [3.05, 3.63) is 65.6 Å². The first-order valence-electron chi connectivity index (χ1n) is 8.88. The number of fused-ring (bicyclic) bond motifs is 1. The Balaban J connectivity index is 1.49. The molecule has 0 aliphatic rings. The number of halogens is 3. The fraction of sp³-hybridized carbons (Fsp3) is 0.300. The van der Waals surface area contributed by atoms with Crippen LogP contribution in [0.3, 0.4) is 0 Å². The number of amides is 1. The van der Waals surface area contributed by atoms with Gasteiger partial charge in [-0.1, -0.05) is 19.1 Å². The molecule has 1 amide bonds. The van der Waals surface area contributed by atoms with Crippen LogP contribution in [0.15, 0.2) is 48.8 Å². The Bertz CT molecular complexity index is 967. The van der Waals surface area contributed by atoms with Gasteiger partial charge in [0.2, 0.25) is 0 Å². The summed E-state index contributed by atoms with van der Waals surface area (Å²) in [5.41, 5.74) is 1.41. The first kappa shape index (κ1) is 19.7. The van der Waals surface area contributed by atoms with Crippen molar-refractivity contribution < 1.29 is 22.7 Å². The number of nitrogens with one attached hydrogen (secondary N) is 1. The number of hydrogen-bond acceptors (Lipinski definition) is 3. The number of alkyl halides is 3. The number of carbonyl (C=O) groups is 1. The molecule has 3 rings (SSSR count). The summed E-state index contributed by atoms with van der Waals surface area (Å²) >= 11 is 0. The minimum absolute atomic E-state index is 0.104. The summed E-state index contributed by atoms with van der Waals surface area (Å²) in [4.78, 5) is 16.2. The summed E-state index contributed by atoms with van der Waals surface area (Å²) in [6.07, 6.45) is -0.581. The Morgan fingerprint density at radius 1 is 1.21 bits per heavy atom. The van der Waals surface area contributed by atoms with Gasteiger partial charge < -0.3 is 14.5 Å². The van der Waals surface area contributed by atoms with Crippen molar-refractivity contribution in [1.82, 2.24) is 14.7 Å². The number of nitrogens with zero attached hydrogens (tertiary/aromatic N) is 2. The molecule has 0 unspecified atom stereocenters. The first-order chi connectivity index (χ1) is 13.3. The quantitative estimate of drug-likeness (QED) is 0.669. The minimum atomic E-state index is -4.40. The molecule has 0 radical (unpaired) electrons. The SMILES string of the molecule is CCc1cccc(OCC(=O)NCCc2cn3cc(C(F)(F)F)ccc3n2)c1. The summed E-state index contributed by atoms with van der Waals surface area (Å²) in [7, 11) is 0. The maximum absolute atomic E-state index is 12.8. The third-order valence-corrected chi connectivity index (χ3v) is 4.21. The standard InChI is InChI=1S/C20H20F3N3O2/c1-2-14-4-3-5-17(10-14)28-13-19(27)24-9-8-16-12-26-11-15(20(21,22)23)6-7-18(26)25-16/h3-7,10-12H,2,8-9,13H2,1H3,(H,24,27). The van der Waals surface area contributed by atoms with Gasteiger partial charge in [0.1, 0.15) is 11.4 Å². The van der Waals surface area contributed by atoms with Crippen LogP contribution in [0.5, 0.6) is 5.75 Å². The second-order valence-electron chi connectivity index (χ2n) is 6.30. The number of benzene rings is 1. The van der Waals surface area contributed by atoms with Gasteiger partial charge in [-0.15, -0.1) is 0 Å². The largest absolute Gasteiger partial charge is 0.484 e. The normalized spacial score (nSPS) is 11.6. The number of rotatable bonds is 7. The lowest BCUT2D eigenvalue weighted by atomic mass is 10.2. The third-order valence-electron chi connectivity index (χ3n) is 4.21. The lowest BCUT2D eigenvalue weighted by Crippen LogP contribution is -2.30. The molecule has 2 heterocycles. The average molecular weight is 391 g/mol. The monoisotopic (exact) mass is 391 g/mol. The Labute approximate surface area is 160 Å². The van der Waals surface area contributed by atoms with E-state index in [1.807, 2.05) is 25.1 Å². The lowest BCUT2D eigenvalue weighted by molar-refractivity contribution is -0.137. The van der Waals surface area contributed by atoms with E-state index in [9.17, 15) is 18.0 Å². The molecule has 1 N–H and O–H groups in total. The highest BCUT2D eigenvalue weighted by Gasteiger charge is 2.30. The number of ether oxygens (including phenoxy) is 1. The van der Waals surface area contributed by atoms with Gasteiger partial charge in [-0.3, -0.25) is 4.79 Å². The van der Waals surface area contributed by atoms with E-state index in [-0.39, 0.29) is 12.5 Å². The van der Waals surface area contributed by atoms with Crippen LogP contribution < -0.4 is 10.1 Å². The summed E-state index contributed by atoms with van der Waals surface area (Å²) in [5.74, 6) is 0.361. The molecule has 0 spiro atoms. The number of aryl methyl sites for hydroxylation is 1. The molecule has 0 fully saturated rings. The number of hydrogen-bond donors (Lipinski definition) is 1. The number of imidazole rings is 1. The van der Waals surface area contributed by atoms with E-state index in [1.165, 1.54) is 16.7 Å². The molecule has 0 atom stereocenters. The summed E-state index contributed by atoms with van der Waals surface area (Å²) < 4.78 is 45.1. The van der Waals surface area contributed by atoms with Crippen LogP contribution >= 0.6 is 0 Å². The molecule has 148 valence electrons. The van der Waals surface area contributed by atoms with E-state index in [4.69, 9.17) is 4.74 Å². The summed E-state index contributed by atoms with van der Waals surface area (Å²) in [5, 5.41) is 2.72. The molecular formula is C20H20F3N3O2. The molecule has 5 nitrogen and oxygen atoms in total. The fourth-order valence-electron chi connectivity index (χ4n) is 2.72. The van der Waals surface area contributed by atoms with Crippen molar-refractivity contribution in [2.45, 2.75) is 25.9 Å². The van der Waals surface area contributed by atoms with Crippen LogP contribution in [0.1, 0.15) is 23.7 Å². The zero-order valence-electron chi connectivity index (χ0n) is 15.3. The molecule has 0 bridgehead atoms. The lowest BCUT2D eigenvalue weighted by Gasteiger charge is -2.08. The molecule has 8 heteroatoms. The smallest absolute Gasteiger partial charge is 0.417 e. The average Bonchev–Trinajstić information content (AvgIpc) is 3.07. The van der Waals surface area contributed by atoms with Gasteiger partial charge in [0, 0.05) is 25.4 Å². The zero-order valence-corrected chi connectivity index (χ0v) is 15.3. The minimum Gasteiger partial charge on any atom is -0.484 e. The predicted octanol–water partition coefficient (Wildman–Crippen LogP) is 3.65. The molecule has 0 aliphatic heterocycles. The predicted molar refractivity (Wildman–Crippen MR) is 98.2 cm³/mol. The maximum Gasteiger partial charge on any atom is 0.417 e. The van der Waals surface area contributed by atoms with Gasteiger partial charge in [-0.05, 0) is 36.2 Å². The molecule has 0 aliphatic carbocycles. The van der Waals surface area contributed by atoms with Crippen molar-refractivity contribution in [1.29, 1.82) is 0 Å². The molecular weight excluding hydrogens is 371 g/mol. The van der Waals surface area contributed by atoms with Crippen LogP contribution in [0.2, 0.25) is 0 Å². The second-order valence-corrected chi connectivity index (χ2v) is 6.30. The van der Waals surface area contributed by atoms with Crippen LogP contribution in [0.25, 0.3) is 5.65 Å². The van der Waals surface area contributed by atoms with Crippen LogP contribution in [0, 0.1) is 0 Å². The Hall–Kier alpha value is -3.03. The molecule has 0 saturated carbocycles. The van der Waals surface area contributed by atoms with Gasteiger partial charge in [-0.2, -0.15) is 13.2 Å². The van der Waals surface area contributed by atoms with E-state index in [0.29, 0.717) is 30.1 Å². The van der Waals surface area contributed by atoms with E-state index in [1.54, 1.807) is 6.07 Å². The number of aromatic nitrogens is 2. The van der Waals surface area contributed by atoms with Crippen LogP contribution in [0.4, 0.5) is 13.2 Å². The number of carbonyl (C=O) groups excluding carboxylic acids is 1. The molecule has 1 aromatic carbocycles. The van der Waals surface area contributed by atoms with Crippen LogP contribution in [-0.4, -0.2) is 28.4 Å². The Kier molecular flexibility index (Phi) is 5.87.